The van der Waals surface area contributed by atoms with Gasteiger partial charge >= 0.3 is 0 Å². The van der Waals surface area contributed by atoms with E-state index in [1.807, 2.05) is 44.2 Å². The number of halogens is 1. The molecule has 0 aliphatic carbocycles. The van der Waals surface area contributed by atoms with E-state index in [2.05, 4.69) is 5.32 Å². The molecule has 1 N–H and O–H groups in total. The van der Waals surface area contributed by atoms with Crippen molar-refractivity contribution in [1.29, 1.82) is 0 Å². The Morgan fingerprint density at radius 3 is 2.00 bits per heavy atom. The summed E-state index contributed by atoms with van der Waals surface area (Å²) in [4.78, 5) is 28.1. The van der Waals surface area contributed by atoms with Crippen molar-refractivity contribution in [1.82, 2.24) is 10.2 Å². The number of anilines is 1. The fourth-order valence-corrected chi connectivity index (χ4v) is 5.21. The second-order valence-electron chi connectivity index (χ2n) is 9.12. The number of para-hydroxylation sites is 1. The lowest BCUT2D eigenvalue weighted by Gasteiger charge is -2.32. The highest BCUT2D eigenvalue weighted by molar-refractivity contribution is 7.92. The maximum absolute atomic E-state index is 13.8. The first kappa shape index (κ1) is 28.2. The van der Waals surface area contributed by atoms with E-state index < -0.39 is 28.5 Å². The molecule has 3 rings (SSSR count). The Kier molecular flexibility index (Phi) is 9.72. The average Bonchev–Trinajstić information content (AvgIpc) is 2.89. The largest absolute Gasteiger partial charge is 0.354 e. The van der Waals surface area contributed by atoms with Crippen LogP contribution in [0.15, 0.2) is 89.8 Å². The fourth-order valence-electron chi connectivity index (χ4n) is 3.67. The number of nitrogens with one attached hydrogen (secondary N) is 1. The summed E-state index contributed by atoms with van der Waals surface area (Å²) >= 11 is 5.96. The Balaban J connectivity index is 1.97. The minimum atomic E-state index is -4.11. The van der Waals surface area contributed by atoms with Gasteiger partial charge in [-0.05, 0) is 54.8 Å². The summed E-state index contributed by atoms with van der Waals surface area (Å²) in [5.74, 6) is -0.560. The average molecular weight is 542 g/mol. The van der Waals surface area contributed by atoms with E-state index in [1.54, 1.807) is 37.3 Å². The van der Waals surface area contributed by atoms with E-state index >= 15 is 0 Å². The van der Waals surface area contributed by atoms with E-state index in [1.165, 1.54) is 29.2 Å². The molecule has 0 aliphatic rings. The zero-order valence-electron chi connectivity index (χ0n) is 21.2. The van der Waals surface area contributed by atoms with Crippen molar-refractivity contribution in [3.8, 4) is 0 Å². The third kappa shape index (κ3) is 7.57. The van der Waals surface area contributed by atoms with Crippen LogP contribution in [0.5, 0.6) is 0 Å². The summed E-state index contributed by atoms with van der Waals surface area (Å²) in [6, 6.07) is 22.7. The van der Waals surface area contributed by atoms with E-state index in [9.17, 15) is 18.0 Å². The SMILES string of the molecule is CC(C)CNC(=O)[C@@H](C)N(Cc1ccccc1)C(=O)CN(c1ccccc1)S(=O)(=O)c1ccc(Cl)cc1. The van der Waals surface area contributed by atoms with Gasteiger partial charge in [0.15, 0.2) is 0 Å². The summed E-state index contributed by atoms with van der Waals surface area (Å²) in [5.41, 5.74) is 1.16. The van der Waals surface area contributed by atoms with Gasteiger partial charge in [-0.25, -0.2) is 8.42 Å². The van der Waals surface area contributed by atoms with Gasteiger partial charge in [0.25, 0.3) is 10.0 Å². The Bertz CT molecular complexity index is 1280. The minimum absolute atomic E-state index is 0.00545. The van der Waals surface area contributed by atoms with E-state index in [0.717, 1.165) is 9.87 Å². The van der Waals surface area contributed by atoms with Gasteiger partial charge < -0.3 is 10.2 Å². The van der Waals surface area contributed by atoms with Gasteiger partial charge in [0.1, 0.15) is 12.6 Å². The van der Waals surface area contributed by atoms with Crippen LogP contribution in [0.3, 0.4) is 0 Å². The number of sulfonamides is 1. The lowest BCUT2D eigenvalue weighted by molar-refractivity contribution is -0.139. The number of amides is 2. The van der Waals surface area contributed by atoms with Crippen LogP contribution in [0.2, 0.25) is 5.02 Å². The molecule has 0 radical (unpaired) electrons. The molecular formula is C28H32ClN3O4S. The second kappa shape index (κ2) is 12.7. The molecule has 0 fully saturated rings. The van der Waals surface area contributed by atoms with Crippen LogP contribution >= 0.6 is 11.6 Å². The van der Waals surface area contributed by atoms with E-state index in [-0.39, 0.29) is 23.3 Å². The molecule has 0 spiro atoms. The summed E-state index contributed by atoms with van der Waals surface area (Å²) in [5, 5.41) is 3.27. The molecule has 0 unspecified atom stereocenters. The molecular weight excluding hydrogens is 510 g/mol. The predicted octanol–water partition coefficient (Wildman–Crippen LogP) is 4.72. The molecule has 0 saturated carbocycles. The highest BCUT2D eigenvalue weighted by Crippen LogP contribution is 2.25. The molecule has 37 heavy (non-hydrogen) atoms. The number of nitrogens with zero attached hydrogens (tertiary/aromatic N) is 2. The monoisotopic (exact) mass is 541 g/mol. The molecule has 3 aromatic carbocycles. The van der Waals surface area contributed by atoms with Crippen molar-refractivity contribution in [3.63, 3.8) is 0 Å². The summed E-state index contributed by atoms with van der Waals surface area (Å²) in [6.07, 6.45) is 0. The molecule has 0 aromatic heterocycles. The van der Waals surface area contributed by atoms with Gasteiger partial charge in [0.2, 0.25) is 11.8 Å². The Hall–Kier alpha value is -3.36. The second-order valence-corrected chi connectivity index (χ2v) is 11.4. The van der Waals surface area contributed by atoms with Crippen LogP contribution in [0.25, 0.3) is 0 Å². The molecule has 0 aliphatic heterocycles. The maximum Gasteiger partial charge on any atom is 0.264 e. The van der Waals surface area contributed by atoms with Gasteiger partial charge in [-0.2, -0.15) is 0 Å². The van der Waals surface area contributed by atoms with Crippen LogP contribution in [0.1, 0.15) is 26.3 Å². The number of carbonyl (C=O) groups excluding carboxylic acids is 2. The highest BCUT2D eigenvalue weighted by Gasteiger charge is 2.32. The van der Waals surface area contributed by atoms with Crippen molar-refractivity contribution in [2.45, 2.75) is 38.3 Å². The lowest BCUT2D eigenvalue weighted by atomic mass is 10.1. The molecule has 7 nitrogen and oxygen atoms in total. The zero-order valence-corrected chi connectivity index (χ0v) is 22.7. The van der Waals surface area contributed by atoms with Crippen molar-refractivity contribution in [3.05, 3.63) is 95.5 Å². The van der Waals surface area contributed by atoms with Crippen molar-refractivity contribution in [2.24, 2.45) is 5.92 Å². The zero-order chi connectivity index (χ0) is 27.0. The predicted molar refractivity (Wildman–Crippen MR) is 147 cm³/mol. The standard InChI is InChI=1S/C28H32ClN3O4S/c1-21(2)18-30-28(34)22(3)31(19-23-10-6-4-7-11-23)27(33)20-32(25-12-8-5-9-13-25)37(35,36)26-16-14-24(29)15-17-26/h4-17,21-22H,18-20H2,1-3H3,(H,30,34)/t22-/m1/s1. The van der Waals surface area contributed by atoms with E-state index in [0.29, 0.717) is 17.3 Å². The number of hydrogen-bond donors (Lipinski definition) is 1. The van der Waals surface area contributed by atoms with Gasteiger partial charge in [-0.3, -0.25) is 13.9 Å². The highest BCUT2D eigenvalue weighted by atomic mass is 35.5. The third-order valence-electron chi connectivity index (χ3n) is 5.77. The molecule has 0 saturated heterocycles. The quantitative estimate of drug-likeness (QED) is 0.380. The number of hydrogen-bond acceptors (Lipinski definition) is 4. The molecule has 0 bridgehead atoms. The molecule has 9 heteroatoms. The third-order valence-corrected chi connectivity index (χ3v) is 7.81. The Morgan fingerprint density at radius 1 is 0.865 bits per heavy atom. The van der Waals surface area contributed by atoms with Crippen LogP contribution < -0.4 is 9.62 Å². The lowest BCUT2D eigenvalue weighted by Crippen LogP contribution is -2.51. The van der Waals surface area contributed by atoms with Crippen LogP contribution in [0.4, 0.5) is 5.69 Å². The first-order chi connectivity index (χ1) is 17.6. The summed E-state index contributed by atoms with van der Waals surface area (Å²) in [7, 11) is -4.11. The number of rotatable bonds is 11. The van der Waals surface area contributed by atoms with Gasteiger partial charge in [-0.15, -0.1) is 0 Å². The molecule has 1 atom stereocenters. The molecule has 196 valence electrons. The summed E-state index contributed by atoms with van der Waals surface area (Å²) in [6.45, 7) is 5.76. The number of carbonyl (C=O) groups is 2. The van der Waals surface area contributed by atoms with Crippen LogP contribution in [-0.4, -0.2) is 44.3 Å². The molecule has 3 aromatic rings. The van der Waals surface area contributed by atoms with Crippen LogP contribution in [-0.2, 0) is 26.2 Å². The van der Waals surface area contributed by atoms with Crippen molar-refractivity contribution < 1.29 is 18.0 Å². The summed E-state index contributed by atoms with van der Waals surface area (Å²) < 4.78 is 28.4. The Morgan fingerprint density at radius 2 is 1.43 bits per heavy atom. The first-order valence-corrected chi connectivity index (χ1v) is 13.9. The van der Waals surface area contributed by atoms with Crippen LogP contribution in [0, 0.1) is 5.92 Å². The Labute approximate surface area is 224 Å². The van der Waals surface area contributed by atoms with Gasteiger partial charge in [-0.1, -0.05) is 74.0 Å². The van der Waals surface area contributed by atoms with E-state index in [4.69, 9.17) is 11.6 Å². The maximum atomic E-state index is 13.8. The normalized spacial score (nSPS) is 12.1. The topological polar surface area (TPSA) is 86.8 Å². The molecule has 2 amide bonds. The van der Waals surface area contributed by atoms with Crippen molar-refractivity contribution >= 4 is 39.1 Å². The first-order valence-electron chi connectivity index (χ1n) is 12.0. The van der Waals surface area contributed by atoms with Gasteiger partial charge in [0.05, 0.1) is 10.6 Å². The minimum Gasteiger partial charge on any atom is -0.354 e. The fraction of sp³-hybridized carbons (Fsp3) is 0.286. The smallest absolute Gasteiger partial charge is 0.264 e. The van der Waals surface area contributed by atoms with Gasteiger partial charge in [0, 0.05) is 18.1 Å². The molecule has 0 heterocycles. The van der Waals surface area contributed by atoms with Crippen molar-refractivity contribution in [2.75, 3.05) is 17.4 Å². The number of benzene rings is 3.